The van der Waals surface area contributed by atoms with E-state index in [0.29, 0.717) is 29.0 Å². The molecule has 1 amide bonds. The molecule has 8 nitrogen and oxygen atoms in total. The van der Waals surface area contributed by atoms with Crippen LogP contribution in [0.15, 0.2) is 67.4 Å². The van der Waals surface area contributed by atoms with Gasteiger partial charge in [0.1, 0.15) is 5.75 Å². The summed E-state index contributed by atoms with van der Waals surface area (Å²) in [6.45, 7) is 13.1. The van der Waals surface area contributed by atoms with E-state index >= 15 is 0 Å². The average molecular weight is 521 g/mol. The van der Waals surface area contributed by atoms with Crippen molar-refractivity contribution in [2.24, 2.45) is 0 Å². The molecule has 37 heavy (non-hydrogen) atoms. The molecule has 0 spiro atoms. The minimum atomic E-state index is -0.287. The molecule has 2 heterocycles. The van der Waals surface area contributed by atoms with Gasteiger partial charge in [0.05, 0.1) is 23.5 Å². The molecule has 0 saturated carbocycles. The molecule has 194 valence electrons. The number of anilines is 3. The number of ether oxygens (including phenoxy) is 1. The lowest BCUT2D eigenvalue weighted by Crippen LogP contribution is -2.46. The highest BCUT2D eigenvalue weighted by atomic mass is 35.5. The first kappa shape index (κ1) is 26.6. The minimum absolute atomic E-state index is 0.287. The lowest BCUT2D eigenvalue weighted by molar-refractivity contribution is -0.111. The summed E-state index contributed by atoms with van der Waals surface area (Å²) >= 11 is 6.40. The topological polar surface area (TPSA) is 82.6 Å². The minimum Gasteiger partial charge on any atom is -0.493 e. The molecule has 1 aliphatic heterocycles. The number of carbonyl (C=O) groups excluding carboxylic acids is 1. The van der Waals surface area contributed by atoms with Crippen LogP contribution >= 0.6 is 11.6 Å². The summed E-state index contributed by atoms with van der Waals surface area (Å²) < 4.78 is 6.00. The molecule has 4 rings (SSSR count). The Balaban J connectivity index is 1.34. The van der Waals surface area contributed by atoms with Crippen LogP contribution in [-0.2, 0) is 4.79 Å². The number of rotatable bonds is 11. The monoisotopic (exact) mass is 520 g/mol. The Labute approximate surface area is 223 Å². The van der Waals surface area contributed by atoms with Gasteiger partial charge < -0.3 is 25.2 Å². The largest absolute Gasteiger partial charge is 0.493 e. The average Bonchev–Trinajstić information content (AvgIpc) is 2.93. The van der Waals surface area contributed by atoms with Crippen molar-refractivity contribution in [2.75, 3.05) is 56.5 Å². The molecule has 0 bridgehead atoms. The quantitative estimate of drug-likeness (QED) is 0.270. The van der Waals surface area contributed by atoms with E-state index in [1.807, 2.05) is 36.4 Å². The third-order valence-electron chi connectivity index (χ3n) is 6.22. The van der Waals surface area contributed by atoms with Gasteiger partial charge in [-0.05, 0) is 43.3 Å². The highest BCUT2D eigenvalue weighted by Crippen LogP contribution is 2.29. The number of likely N-dealkylation sites (N-methyl/N-ethyl adjacent to an activating group) is 1. The summed E-state index contributed by atoms with van der Waals surface area (Å²) in [6, 6.07) is 15.0. The normalized spacial score (nSPS) is 14.2. The Kier molecular flexibility index (Phi) is 9.48. The van der Waals surface area contributed by atoms with Crippen molar-refractivity contribution in [2.45, 2.75) is 13.3 Å². The number of amides is 1. The van der Waals surface area contributed by atoms with Gasteiger partial charge in [-0.3, -0.25) is 4.79 Å². The maximum absolute atomic E-state index is 11.7. The first-order valence-corrected chi connectivity index (χ1v) is 12.9. The number of hydrogen-bond donors (Lipinski definition) is 2. The second kappa shape index (κ2) is 13.2. The Morgan fingerprint density at radius 3 is 2.65 bits per heavy atom. The van der Waals surface area contributed by atoms with Crippen molar-refractivity contribution >= 4 is 34.8 Å². The van der Waals surface area contributed by atoms with Crippen molar-refractivity contribution < 1.29 is 9.53 Å². The molecule has 1 fully saturated rings. The number of hydrogen-bond acceptors (Lipinski definition) is 7. The maximum Gasteiger partial charge on any atom is 0.247 e. The van der Waals surface area contributed by atoms with Crippen molar-refractivity contribution in [3.8, 4) is 17.0 Å². The van der Waals surface area contributed by atoms with Crippen LogP contribution in [0, 0.1) is 0 Å². The molecule has 0 aliphatic carbocycles. The maximum atomic E-state index is 11.7. The zero-order valence-electron chi connectivity index (χ0n) is 21.1. The van der Waals surface area contributed by atoms with E-state index in [9.17, 15) is 4.79 Å². The predicted molar refractivity (Wildman–Crippen MR) is 150 cm³/mol. The molecule has 1 saturated heterocycles. The van der Waals surface area contributed by atoms with Crippen LogP contribution in [0.25, 0.3) is 11.3 Å². The first-order valence-electron chi connectivity index (χ1n) is 12.5. The Morgan fingerprint density at radius 2 is 1.86 bits per heavy atom. The number of aromatic nitrogens is 2. The van der Waals surface area contributed by atoms with Crippen LogP contribution in [0.1, 0.15) is 13.3 Å². The van der Waals surface area contributed by atoms with Crippen LogP contribution in [-0.4, -0.2) is 71.6 Å². The molecule has 1 aromatic heterocycles. The molecule has 9 heteroatoms. The van der Waals surface area contributed by atoms with Gasteiger partial charge in [0.2, 0.25) is 11.9 Å². The van der Waals surface area contributed by atoms with E-state index in [-0.39, 0.29) is 5.91 Å². The van der Waals surface area contributed by atoms with E-state index in [4.69, 9.17) is 16.3 Å². The van der Waals surface area contributed by atoms with Gasteiger partial charge in [-0.15, -0.1) is 0 Å². The highest BCUT2D eigenvalue weighted by Gasteiger charge is 2.15. The summed E-state index contributed by atoms with van der Waals surface area (Å²) in [5.41, 5.74) is 2.75. The van der Waals surface area contributed by atoms with Crippen molar-refractivity contribution in [3.05, 3.63) is 72.4 Å². The fourth-order valence-corrected chi connectivity index (χ4v) is 4.37. The summed E-state index contributed by atoms with van der Waals surface area (Å²) in [7, 11) is 0. The Bertz CT molecular complexity index is 1210. The standard InChI is InChI=1S/C28H33ClN6O2/c1-3-26(36)31-22-9-5-8-21(18-22)27-25(29)20-30-28(33-27)32-23-10-6-11-24(19-23)37-17-7-12-35-15-13-34(4-2)14-16-35/h3,5-6,8-11,18-20H,1,4,7,12-17H2,2H3,(H,31,36)(H,30,32,33). The van der Waals surface area contributed by atoms with Gasteiger partial charge in [0, 0.05) is 55.7 Å². The number of nitrogens with one attached hydrogen (secondary N) is 2. The van der Waals surface area contributed by atoms with Gasteiger partial charge in [0.25, 0.3) is 0 Å². The third kappa shape index (κ3) is 7.76. The molecule has 0 radical (unpaired) electrons. The first-order chi connectivity index (χ1) is 18.0. The van der Waals surface area contributed by atoms with E-state index in [2.05, 4.69) is 43.9 Å². The van der Waals surface area contributed by atoms with Gasteiger partial charge in [-0.25, -0.2) is 9.97 Å². The van der Waals surface area contributed by atoms with Crippen LogP contribution < -0.4 is 15.4 Å². The lowest BCUT2D eigenvalue weighted by atomic mass is 10.1. The number of halogens is 1. The summed E-state index contributed by atoms with van der Waals surface area (Å²) in [5, 5.41) is 6.39. The van der Waals surface area contributed by atoms with Gasteiger partial charge in [-0.2, -0.15) is 0 Å². The number of benzene rings is 2. The Morgan fingerprint density at radius 1 is 1.11 bits per heavy atom. The van der Waals surface area contributed by atoms with Crippen molar-refractivity contribution in [1.82, 2.24) is 19.8 Å². The second-order valence-electron chi connectivity index (χ2n) is 8.80. The van der Waals surface area contributed by atoms with E-state index < -0.39 is 0 Å². The fraction of sp³-hybridized carbons (Fsp3) is 0.321. The van der Waals surface area contributed by atoms with Crippen LogP contribution in [0.3, 0.4) is 0 Å². The SMILES string of the molecule is C=CC(=O)Nc1cccc(-c2nc(Nc3cccc(OCCCN4CCN(CC)CC4)c3)ncc2Cl)c1. The molecule has 0 unspecified atom stereocenters. The van der Waals surface area contributed by atoms with E-state index in [1.165, 1.54) is 6.08 Å². The van der Waals surface area contributed by atoms with E-state index in [0.717, 1.165) is 62.7 Å². The van der Waals surface area contributed by atoms with Crippen LogP contribution in [0.5, 0.6) is 5.75 Å². The molecule has 2 N–H and O–H groups in total. The fourth-order valence-electron chi connectivity index (χ4n) is 4.17. The van der Waals surface area contributed by atoms with Crippen LogP contribution in [0.4, 0.5) is 17.3 Å². The van der Waals surface area contributed by atoms with Gasteiger partial charge in [0.15, 0.2) is 0 Å². The van der Waals surface area contributed by atoms with Crippen molar-refractivity contribution in [3.63, 3.8) is 0 Å². The van der Waals surface area contributed by atoms with E-state index in [1.54, 1.807) is 18.3 Å². The lowest BCUT2D eigenvalue weighted by Gasteiger charge is -2.33. The zero-order valence-corrected chi connectivity index (χ0v) is 21.9. The predicted octanol–water partition coefficient (Wildman–Crippen LogP) is 5.07. The molecule has 3 aromatic rings. The number of nitrogens with zero attached hydrogens (tertiary/aromatic N) is 4. The third-order valence-corrected chi connectivity index (χ3v) is 6.50. The molecule has 2 aromatic carbocycles. The smallest absolute Gasteiger partial charge is 0.247 e. The van der Waals surface area contributed by atoms with Gasteiger partial charge >= 0.3 is 0 Å². The van der Waals surface area contributed by atoms with Crippen LogP contribution in [0.2, 0.25) is 5.02 Å². The van der Waals surface area contributed by atoms with Gasteiger partial charge in [-0.1, -0.05) is 43.3 Å². The second-order valence-corrected chi connectivity index (χ2v) is 9.20. The molecular weight excluding hydrogens is 488 g/mol. The molecule has 0 atom stereocenters. The number of piperazine rings is 1. The summed E-state index contributed by atoms with van der Waals surface area (Å²) in [4.78, 5) is 25.6. The van der Waals surface area contributed by atoms with Crippen molar-refractivity contribution in [1.29, 1.82) is 0 Å². The molecular formula is C28H33ClN6O2. The summed E-state index contributed by atoms with van der Waals surface area (Å²) in [6.07, 6.45) is 3.76. The Hall–Kier alpha value is -3.46. The zero-order chi connectivity index (χ0) is 26.0. The highest BCUT2D eigenvalue weighted by molar-refractivity contribution is 6.33. The summed E-state index contributed by atoms with van der Waals surface area (Å²) in [5.74, 6) is 0.911. The molecule has 1 aliphatic rings. The number of carbonyl (C=O) groups is 1.